The maximum atomic E-state index is 10.5. The summed E-state index contributed by atoms with van der Waals surface area (Å²) in [5.74, 6) is -1.17. The van der Waals surface area contributed by atoms with E-state index in [9.17, 15) is 9.90 Å². The van der Waals surface area contributed by atoms with Crippen molar-refractivity contribution in [1.29, 1.82) is 0 Å². The zero-order valence-electron chi connectivity index (χ0n) is 8.34. The van der Waals surface area contributed by atoms with Gasteiger partial charge in [-0.25, -0.2) is 0 Å². The zero-order chi connectivity index (χ0) is 11.3. The van der Waals surface area contributed by atoms with Gasteiger partial charge in [-0.3, -0.25) is 4.79 Å². The van der Waals surface area contributed by atoms with Crippen molar-refractivity contribution in [1.82, 2.24) is 0 Å². The van der Waals surface area contributed by atoms with Crippen LogP contribution in [0.15, 0.2) is 30.3 Å². The lowest BCUT2D eigenvalue weighted by atomic mass is 10.0. The lowest BCUT2D eigenvalue weighted by molar-refractivity contribution is -0.141. The quantitative estimate of drug-likeness (QED) is 0.655. The first kappa shape index (κ1) is 11.7. The van der Waals surface area contributed by atoms with Crippen molar-refractivity contribution in [2.24, 2.45) is 5.73 Å². The molecule has 0 aliphatic heterocycles. The number of aliphatic hydroxyl groups excluding tert-OH is 1. The maximum Gasteiger partial charge on any atom is 0.323 e. The van der Waals surface area contributed by atoms with Crippen LogP contribution in [0.5, 0.6) is 0 Å². The van der Waals surface area contributed by atoms with Gasteiger partial charge >= 0.3 is 5.97 Å². The summed E-state index contributed by atoms with van der Waals surface area (Å²) in [7, 11) is 0. The van der Waals surface area contributed by atoms with E-state index in [0.717, 1.165) is 5.56 Å². The lowest BCUT2D eigenvalue weighted by Gasteiger charge is -2.14. The number of carboxylic acid groups (broad SMARTS) is 1. The van der Waals surface area contributed by atoms with E-state index < -0.39 is 18.1 Å². The summed E-state index contributed by atoms with van der Waals surface area (Å²) in [6.45, 7) is 0. The van der Waals surface area contributed by atoms with Crippen LogP contribution in [0.1, 0.15) is 12.0 Å². The molecule has 4 heteroatoms. The molecule has 0 fully saturated rings. The second kappa shape index (κ2) is 5.48. The van der Waals surface area contributed by atoms with Crippen molar-refractivity contribution in [3.8, 4) is 0 Å². The molecule has 0 amide bonds. The predicted molar refractivity (Wildman–Crippen MR) is 56.4 cm³/mol. The molecule has 0 aliphatic rings. The van der Waals surface area contributed by atoms with Crippen molar-refractivity contribution in [3.05, 3.63) is 35.9 Å². The number of aliphatic hydroxyl groups is 1. The number of benzene rings is 1. The molecule has 2 atom stereocenters. The topological polar surface area (TPSA) is 83.6 Å². The van der Waals surface area contributed by atoms with Crippen LogP contribution >= 0.6 is 0 Å². The fourth-order valence-electron chi connectivity index (χ4n) is 1.30. The number of hydrogen-bond donors (Lipinski definition) is 3. The molecule has 1 aromatic rings. The van der Waals surface area contributed by atoms with E-state index in [0.29, 0.717) is 12.8 Å². The Balaban J connectivity index is 2.41. The standard InChI is InChI=1S/C11H15NO3/c12-10(11(14)15)9(13)7-6-8-4-2-1-3-5-8/h1-5,9-10,13H,6-7,12H2,(H,14,15)/t9-,10+/m0/s1. The van der Waals surface area contributed by atoms with Crippen LogP contribution in [-0.4, -0.2) is 28.3 Å². The summed E-state index contributed by atoms with van der Waals surface area (Å²) in [5.41, 5.74) is 6.34. The molecule has 4 N–H and O–H groups in total. The Morgan fingerprint density at radius 2 is 1.93 bits per heavy atom. The number of rotatable bonds is 5. The van der Waals surface area contributed by atoms with Crippen molar-refractivity contribution in [2.45, 2.75) is 25.0 Å². The lowest BCUT2D eigenvalue weighted by Crippen LogP contribution is -2.41. The van der Waals surface area contributed by atoms with E-state index in [1.807, 2.05) is 30.3 Å². The third kappa shape index (κ3) is 3.69. The van der Waals surface area contributed by atoms with Gasteiger partial charge in [0.25, 0.3) is 0 Å². The Bertz CT molecular complexity index is 313. The van der Waals surface area contributed by atoms with Crippen molar-refractivity contribution >= 4 is 5.97 Å². The largest absolute Gasteiger partial charge is 0.480 e. The Hall–Kier alpha value is -1.39. The minimum Gasteiger partial charge on any atom is -0.480 e. The average Bonchev–Trinajstić information content (AvgIpc) is 2.26. The molecule has 0 saturated heterocycles. The highest BCUT2D eigenvalue weighted by molar-refractivity contribution is 5.73. The first-order valence-electron chi connectivity index (χ1n) is 4.81. The highest BCUT2D eigenvalue weighted by Gasteiger charge is 2.21. The molecular weight excluding hydrogens is 194 g/mol. The molecule has 1 aromatic carbocycles. The minimum atomic E-state index is -1.20. The molecule has 0 aliphatic carbocycles. The van der Waals surface area contributed by atoms with Gasteiger partial charge in [-0.1, -0.05) is 30.3 Å². The third-order valence-corrected chi connectivity index (χ3v) is 2.27. The highest BCUT2D eigenvalue weighted by atomic mass is 16.4. The Morgan fingerprint density at radius 1 is 1.33 bits per heavy atom. The van der Waals surface area contributed by atoms with Gasteiger partial charge in [-0.15, -0.1) is 0 Å². The van der Waals surface area contributed by atoms with Gasteiger partial charge in [-0.05, 0) is 18.4 Å². The molecule has 0 radical (unpaired) electrons. The van der Waals surface area contributed by atoms with Crippen molar-refractivity contribution in [3.63, 3.8) is 0 Å². The number of hydrogen-bond acceptors (Lipinski definition) is 3. The molecule has 1 rings (SSSR count). The summed E-state index contributed by atoms with van der Waals surface area (Å²) in [6.07, 6.45) is -0.0109. The molecule has 0 heterocycles. The monoisotopic (exact) mass is 209 g/mol. The van der Waals surface area contributed by atoms with Crippen molar-refractivity contribution in [2.75, 3.05) is 0 Å². The maximum absolute atomic E-state index is 10.5. The molecule has 0 aromatic heterocycles. The number of aliphatic carboxylic acids is 1. The average molecular weight is 209 g/mol. The summed E-state index contributed by atoms with van der Waals surface area (Å²) in [4.78, 5) is 10.5. The van der Waals surface area contributed by atoms with Gasteiger partial charge in [0.15, 0.2) is 0 Å². The minimum absolute atomic E-state index is 0.359. The molecule has 0 saturated carbocycles. The number of nitrogens with two attached hydrogens (primary N) is 1. The highest BCUT2D eigenvalue weighted by Crippen LogP contribution is 2.06. The van der Waals surface area contributed by atoms with Gasteiger partial charge in [0.2, 0.25) is 0 Å². The number of aryl methyl sites for hydroxylation is 1. The summed E-state index contributed by atoms with van der Waals surface area (Å²) in [5, 5.41) is 18.0. The Kier molecular flexibility index (Phi) is 4.27. The van der Waals surface area contributed by atoms with Gasteiger partial charge in [0, 0.05) is 0 Å². The Labute approximate surface area is 88.3 Å². The first-order chi connectivity index (χ1) is 7.11. The van der Waals surface area contributed by atoms with E-state index in [1.54, 1.807) is 0 Å². The van der Waals surface area contributed by atoms with Crippen LogP contribution in [0, 0.1) is 0 Å². The van der Waals surface area contributed by atoms with E-state index >= 15 is 0 Å². The molecule has 82 valence electrons. The normalized spacial score (nSPS) is 14.5. The van der Waals surface area contributed by atoms with E-state index in [4.69, 9.17) is 10.8 Å². The van der Waals surface area contributed by atoms with Crippen LogP contribution in [0.2, 0.25) is 0 Å². The van der Waals surface area contributed by atoms with Crippen molar-refractivity contribution < 1.29 is 15.0 Å². The zero-order valence-corrected chi connectivity index (χ0v) is 8.34. The number of carboxylic acids is 1. The second-order valence-corrected chi connectivity index (χ2v) is 3.46. The molecule has 0 bridgehead atoms. The Morgan fingerprint density at radius 3 is 2.47 bits per heavy atom. The van der Waals surface area contributed by atoms with Crippen LogP contribution < -0.4 is 5.73 Å². The second-order valence-electron chi connectivity index (χ2n) is 3.46. The molecule has 15 heavy (non-hydrogen) atoms. The van der Waals surface area contributed by atoms with Gasteiger partial charge in [0.05, 0.1) is 6.10 Å². The molecule has 4 nitrogen and oxygen atoms in total. The summed E-state index contributed by atoms with van der Waals surface area (Å²) >= 11 is 0. The number of carbonyl (C=O) groups is 1. The van der Waals surface area contributed by atoms with Gasteiger partial charge in [-0.2, -0.15) is 0 Å². The van der Waals surface area contributed by atoms with Gasteiger partial charge in [0.1, 0.15) is 6.04 Å². The van der Waals surface area contributed by atoms with Gasteiger partial charge < -0.3 is 15.9 Å². The smallest absolute Gasteiger partial charge is 0.323 e. The fourth-order valence-corrected chi connectivity index (χ4v) is 1.30. The first-order valence-corrected chi connectivity index (χ1v) is 4.81. The van der Waals surface area contributed by atoms with Crippen LogP contribution in [0.25, 0.3) is 0 Å². The van der Waals surface area contributed by atoms with Crippen LogP contribution in [0.3, 0.4) is 0 Å². The summed E-state index contributed by atoms with van der Waals surface area (Å²) < 4.78 is 0. The summed E-state index contributed by atoms with van der Waals surface area (Å²) in [6, 6.07) is 8.37. The molecule has 0 spiro atoms. The van der Waals surface area contributed by atoms with E-state index in [-0.39, 0.29) is 0 Å². The van der Waals surface area contributed by atoms with E-state index in [1.165, 1.54) is 0 Å². The third-order valence-electron chi connectivity index (χ3n) is 2.27. The predicted octanol–water partition coefficient (Wildman–Crippen LogP) is 0.392. The van der Waals surface area contributed by atoms with Crippen LogP contribution in [0.4, 0.5) is 0 Å². The fraction of sp³-hybridized carbons (Fsp3) is 0.364. The van der Waals surface area contributed by atoms with Crippen LogP contribution in [-0.2, 0) is 11.2 Å². The molecular formula is C11H15NO3. The SMILES string of the molecule is N[C@@H](C(=O)O)[C@@H](O)CCc1ccccc1. The molecule has 0 unspecified atom stereocenters. The van der Waals surface area contributed by atoms with E-state index in [2.05, 4.69) is 0 Å².